The number of carbonyl (C=O) groups is 1. The van der Waals surface area contributed by atoms with Crippen molar-refractivity contribution in [1.29, 1.82) is 0 Å². The van der Waals surface area contributed by atoms with E-state index < -0.39 is 5.97 Å². The zero-order valence-corrected chi connectivity index (χ0v) is 19.6. The predicted molar refractivity (Wildman–Crippen MR) is 104 cm³/mol. The summed E-state index contributed by atoms with van der Waals surface area (Å²) in [5.74, 6) is 0.448. The number of carboxylic acids is 1. The zero-order chi connectivity index (χ0) is 20.3. The Labute approximate surface area is 194 Å². The molecular weight excluding hydrogens is 405 g/mol. The van der Waals surface area contributed by atoms with Gasteiger partial charge in [-0.15, -0.1) is 0 Å². The van der Waals surface area contributed by atoms with Gasteiger partial charge in [0.2, 0.25) is 5.75 Å². The molecule has 0 amide bonds. The second kappa shape index (κ2) is 9.98. The number of hydrogen-bond donors (Lipinski definition) is 0. The van der Waals surface area contributed by atoms with Crippen molar-refractivity contribution in [1.82, 2.24) is 4.37 Å². The van der Waals surface area contributed by atoms with Gasteiger partial charge in [-0.25, -0.2) is 0 Å². The molecule has 0 bridgehead atoms. The first kappa shape index (κ1) is 23.0. The Morgan fingerprint density at radius 2 is 1.52 bits per heavy atom. The molecule has 0 radical (unpaired) electrons. The minimum Gasteiger partial charge on any atom is -0.545 e. The van der Waals surface area contributed by atoms with E-state index >= 15 is 0 Å². The second-order valence-electron chi connectivity index (χ2n) is 5.69. The summed E-state index contributed by atoms with van der Waals surface area (Å²) in [4.78, 5) is 12.3. The molecule has 1 heterocycles. The molecule has 0 unspecified atom stereocenters. The normalized spacial score (nSPS) is 10.1. The van der Waals surface area contributed by atoms with Crippen LogP contribution in [0.1, 0.15) is 10.4 Å². The maximum atomic E-state index is 11.4. The monoisotopic (exact) mass is 423 g/mol. The molecule has 0 aliphatic heterocycles. The molecule has 3 aromatic rings. The molecule has 29 heavy (non-hydrogen) atoms. The van der Waals surface area contributed by atoms with Crippen molar-refractivity contribution in [3.63, 3.8) is 0 Å². The summed E-state index contributed by atoms with van der Waals surface area (Å²) in [7, 11) is 6.04. The quantitative estimate of drug-likeness (QED) is 0.490. The van der Waals surface area contributed by atoms with Gasteiger partial charge in [0.05, 0.1) is 39.3 Å². The minimum absolute atomic E-state index is 0. The van der Waals surface area contributed by atoms with Crippen LogP contribution in [0.3, 0.4) is 0 Å². The molecule has 0 saturated carbocycles. The van der Waals surface area contributed by atoms with E-state index in [9.17, 15) is 9.90 Å². The first-order valence-corrected chi connectivity index (χ1v) is 8.96. The van der Waals surface area contributed by atoms with E-state index in [0.29, 0.717) is 22.8 Å². The second-order valence-corrected chi connectivity index (χ2v) is 6.49. The first-order chi connectivity index (χ1) is 13.5. The summed E-state index contributed by atoms with van der Waals surface area (Å²) in [6.45, 7) is 0. The predicted octanol–water partition coefficient (Wildman–Crippen LogP) is -0.121. The van der Waals surface area contributed by atoms with Crippen LogP contribution >= 0.6 is 11.5 Å². The topological polar surface area (TPSA) is 89.9 Å². The molecule has 0 spiro atoms. The SMILES string of the molecule is COc1ccc(-c2cnsc2-c2cc(OC)c(OC)c(OC)c2)cc1C(=O)[O-].[Na+]. The first-order valence-electron chi connectivity index (χ1n) is 8.18. The van der Waals surface area contributed by atoms with Gasteiger partial charge in [0, 0.05) is 22.9 Å². The summed E-state index contributed by atoms with van der Waals surface area (Å²) in [5, 5.41) is 11.4. The van der Waals surface area contributed by atoms with Gasteiger partial charge in [-0.05, 0) is 41.4 Å². The van der Waals surface area contributed by atoms with Gasteiger partial charge >= 0.3 is 29.6 Å². The van der Waals surface area contributed by atoms with Crippen LogP contribution in [0.2, 0.25) is 0 Å². The van der Waals surface area contributed by atoms with E-state index in [4.69, 9.17) is 18.9 Å². The van der Waals surface area contributed by atoms with Crippen LogP contribution in [0.4, 0.5) is 0 Å². The van der Waals surface area contributed by atoms with Gasteiger partial charge in [0.25, 0.3) is 0 Å². The number of methoxy groups -OCH3 is 4. The van der Waals surface area contributed by atoms with Crippen LogP contribution in [-0.2, 0) is 0 Å². The fraction of sp³-hybridized carbons (Fsp3) is 0.200. The van der Waals surface area contributed by atoms with Crippen LogP contribution < -0.4 is 53.6 Å². The van der Waals surface area contributed by atoms with Gasteiger partial charge < -0.3 is 28.8 Å². The summed E-state index contributed by atoms with van der Waals surface area (Å²) in [6.07, 6.45) is 1.68. The number of rotatable bonds is 7. The van der Waals surface area contributed by atoms with E-state index in [-0.39, 0.29) is 40.9 Å². The number of carboxylic acid groups (broad SMARTS) is 1. The molecule has 0 N–H and O–H groups in total. The fourth-order valence-corrected chi connectivity index (χ4v) is 3.66. The Bertz CT molecular complexity index is 995. The van der Waals surface area contributed by atoms with Crippen molar-refractivity contribution in [2.75, 3.05) is 28.4 Å². The van der Waals surface area contributed by atoms with E-state index in [2.05, 4.69) is 4.37 Å². The Morgan fingerprint density at radius 3 is 2.03 bits per heavy atom. The molecular formula is C20H18NNaO6S. The van der Waals surface area contributed by atoms with Crippen molar-refractivity contribution < 1.29 is 58.4 Å². The van der Waals surface area contributed by atoms with Crippen LogP contribution in [0.15, 0.2) is 36.5 Å². The molecule has 1 aromatic heterocycles. The number of nitrogens with zero attached hydrogens (tertiary/aromatic N) is 1. The number of hydrogen-bond acceptors (Lipinski definition) is 8. The molecule has 7 nitrogen and oxygen atoms in total. The number of aromatic carboxylic acids is 1. The molecule has 0 aliphatic rings. The summed E-state index contributed by atoms with van der Waals surface area (Å²) in [5.41, 5.74) is 2.22. The largest absolute Gasteiger partial charge is 1.00 e. The molecule has 146 valence electrons. The third-order valence-electron chi connectivity index (χ3n) is 4.23. The van der Waals surface area contributed by atoms with Gasteiger partial charge in [-0.1, -0.05) is 6.07 Å². The molecule has 0 aliphatic carbocycles. The standard InChI is InChI=1S/C20H19NO6S.Na/c1-24-15-6-5-11(7-13(15)20(22)23)14-10-21-28-19(14)12-8-16(25-2)18(27-4)17(9-12)26-3;/h5-10H,1-4H3,(H,22,23);/q;+1/p-1. The van der Waals surface area contributed by atoms with Crippen molar-refractivity contribution in [3.8, 4) is 44.6 Å². The Kier molecular flexibility index (Phi) is 7.92. The molecule has 2 aromatic carbocycles. The maximum absolute atomic E-state index is 11.4. The van der Waals surface area contributed by atoms with E-state index in [1.807, 2.05) is 12.1 Å². The summed E-state index contributed by atoms with van der Waals surface area (Å²) < 4.78 is 25.6. The van der Waals surface area contributed by atoms with Crippen molar-refractivity contribution in [2.45, 2.75) is 0 Å². The Morgan fingerprint density at radius 1 is 0.897 bits per heavy atom. The Hall–Kier alpha value is -2.26. The summed E-state index contributed by atoms with van der Waals surface area (Å²) in [6, 6.07) is 8.52. The van der Waals surface area contributed by atoms with Crippen molar-refractivity contribution in [2.24, 2.45) is 0 Å². The number of aromatic nitrogens is 1. The number of carbonyl (C=O) groups excluding carboxylic acids is 1. The average Bonchev–Trinajstić information content (AvgIpc) is 3.21. The minimum atomic E-state index is -1.31. The van der Waals surface area contributed by atoms with E-state index in [1.54, 1.807) is 32.5 Å². The Balaban J connectivity index is 0.00000300. The fourth-order valence-electron chi connectivity index (χ4n) is 2.90. The molecule has 0 fully saturated rings. The third kappa shape index (κ3) is 4.51. The maximum Gasteiger partial charge on any atom is 1.00 e. The summed E-state index contributed by atoms with van der Waals surface area (Å²) >= 11 is 1.28. The van der Waals surface area contributed by atoms with E-state index in [1.165, 1.54) is 31.8 Å². The zero-order valence-electron chi connectivity index (χ0n) is 16.8. The van der Waals surface area contributed by atoms with Gasteiger partial charge in [-0.2, -0.15) is 4.37 Å². The van der Waals surface area contributed by atoms with Crippen LogP contribution in [-0.4, -0.2) is 38.8 Å². The molecule has 9 heteroatoms. The van der Waals surface area contributed by atoms with Crippen LogP contribution in [0.5, 0.6) is 23.0 Å². The van der Waals surface area contributed by atoms with Crippen LogP contribution in [0.25, 0.3) is 21.6 Å². The number of ether oxygens (including phenoxy) is 4. The average molecular weight is 423 g/mol. The van der Waals surface area contributed by atoms with E-state index in [0.717, 1.165) is 16.0 Å². The van der Waals surface area contributed by atoms with Gasteiger partial charge in [0.15, 0.2) is 11.5 Å². The molecule has 0 atom stereocenters. The van der Waals surface area contributed by atoms with Crippen molar-refractivity contribution in [3.05, 3.63) is 42.1 Å². The van der Waals surface area contributed by atoms with Gasteiger partial charge in [0.1, 0.15) is 5.75 Å². The van der Waals surface area contributed by atoms with Gasteiger partial charge in [-0.3, -0.25) is 0 Å². The number of benzene rings is 2. The van der Waals surface area contributed by atoms with Crippen LogP contribution in [0, 0.1) is 0 Å². The molecule has 3 rings (SSSR count). The smallest absolute Gasteiger partial charge is 0.545 e. The van der Waals surface area contributed by atoms with Crippen molar-refractivity contribution >= 4 is 17.5 Å². The molecule has 0 saturated heterocycles. The third-order valence-corrected chi connectivity index (χ3v) is 5.08.